The molecule has 0 N–H and O–H groups in total. The summed E-state index contributed by atoms with van der Waals surface area (Å²) in [5.74, 6) is -0.336. The van der Waals surface area contributed by atoms with Crippen molar-refractivity contribution in [3.05, 3.63) is 29.8 Å². The zero-order valence-electron chi connectivity index (χ0n) is 8.71. The van der Waals surface area contributed by atoms with Gasteiger partial charge in [-0.25, -0.2) is 4.79 Å². The van der Waals surface area contributed by atoms with Crippen LogP contribution in [0, 0.1) is 0 Å². The van der Waals surface area contributed by atoms with Gasteiger partial charge in [0.25, 0.3) is 0 Å². The van der Waals surface area contributed by atoms with Gasteiger partial charge in [-0.15, -0.1) is 5.10 Å². The van der Waals surface area contributed by atoms with Crippen LogP contribution < -0.4 is 0 Å². The molecule has 5 heteroatoms. The Balaban J connectivity index is 2.27. The number of hydrogen-bond acceptors (Lipinski definition) is 5. The quantitative estimate of drug-likeness (QED) is 0.604. The Morgan fingerprint density at radius 2 is 2.44 bits per heavy atom. The topological polar surface area (TPSA) is 52.1 Å². The predicted octanol–water partition coefficient (Wildman–Crippen LogP) is 2.27. The lowest BCUT2D eigenvalue weighted by atomic mass is 10.2. The van der Waals surface area contributed by atoms with Crippen LogP contribution in [0.4, 0.5) is 0 Å². The first-order valence-corrected chi connectivity index (χ1v) is 5.64. The lowest BCUT2D eigenvalue weighted by Gasteiger charge is -1.95. The molecule has 1 aromatic carbocycles. The van der Waals surface area contributed by atoms with Gasteiger partial charge in [0.2, 0.25) is 0 Å². The minimum absolute atomic E-state index is 0.336. The molecule has 0 unspecified atom stereocenters. The lowest BCUT2D eigenvalue weighted by molar-refractivity contribution is -0.137. The van der Waals surface area contributed by atoms with Crippen LogP contribution in [0.15, 0.2) is 24.3 Å². The Labute approximate surface area is 96.7 Å². The molecule has 0 bridgehead atoms. The normalized spacial score (nSPS) is 11.1. The fraction of sp³-hybridized carbons (Fsp3) is 0.182. The van der Waals surface area contributed by atoms with Crippen LogP contribution in [0.3, 0.4) is 0 Å². The van der Waals surface area contributed by atoms with Crippen molar-refractivity contribution in [1.29, 1.82) is 0 Å². The van der Waals surface area contributed by atoms with Crippen LogP contribution in [-0.2, 0) is 9.53 Å². The van der Waals surface area contributed by atoms with E-state index in [9.17, 15) is 4.79 Å². The van der Waals surface area contributed by atoms with Gasteiger partial charge in [0, 0.05) is 6.08 Å². The number of fused-ring (bicyclic) bond motifs is 1. The number of ether oxygens (including phenoxy) is 1. The maximum absolute atomic E-state index is 11.2. The molecule has 1 aromatic heterocycles. The summed E-state index contributed by atoms with van der Waals surface area (Å²) in [4.78, 5) is 11.2. The molecule has 4 nitrogen and oxygen atoms in total. The number of nitrogens with zero attached hydrogens (tertiary/aromatic N) is 2. The molecule has 0 aliphatic rings. The molecule has 0 aliphatic carbocycles. The first-order chi connectivity index (χ1) is 7.81. The van der Waals surface area contributed by atoms with Gasteiger partial charge in [0.15, 0.2) is 0 Å². The molecular formula is C11H10N2O2S. The van der Waals surface area contributed by atoms with Gasteiger partial charge in [-0.2, -0.15) is 0 Å². The van der Waals surface area contributed by atoms with Crippen molar-refractivity contribution in [2.45, 2.75) is 6.92 Å². The summed E-state index contributed by atoms with van der Waals surface area (Å²) < 4.78 is 9.65. The average Bonchev–Trinajstić information content (AvgIpc) is 2.75. The zero-order chi connectivity index (χ0) is 11.4. The summed E-state index contributed by atoms with van der Waals surface area (Å²) in [6.45, 7) is 2.16. The van der Waals surface area contributed by atoms with Crippen LogP contribution in [0.5, 0.6) is 0 Å². The number of esters is 1. The number of carbonyl (C=O) groups excluding carboxylic acids is 1. The first-order valence-electron chi connectivity index (χ1n) is 4.87. The maximum Gasteiger partial charge on any atom is 0.330 e. The predicted molar refractivity (Wildman–Crippen MR) is 63.1 cm³/mol. The molecule has 0 radical (unpaired) electrons. The molecule has 16 heavy (non-hydrogen) atoms. The fourth-order valence-electron chi connectivity index (χ4n) is 1.31. The molecule has 0 fully saturated rings. The van der Waals surface area contributed by atoms with E-state index in [0.29, 0.717) is 6.61 Å². The van der Waals surface area contributed by atoms with Crippen LogP contribution in [0.1, 0.15) is 12.5 Å². The Bertz CT molecular complexity index is 534. The molecule has 2 aromatic rings. The third-order valence-corrected chi connectivity index (χ3v) is 2.78. The largest absolute Gasteiger partial charge is 0.463 e. The van der Waals surface area contributed by atoms with Crippen LogP contribution >= 0.6 is 11.5 Å². The van der Waals surface area contributed by atoms with Gasteiger partial charge in [-0.3, -0.25) is 0 Å². The second-order valence-corrected chi connectivity index (χ2v) is 3.81. The van der Waals surface area contributed by atoms with E-state index in [1.807, 2.05) is 18.2 Å². The summed E-state index contributed by atoms with van der Waals surface area (Å²) in [6.07, 6.45) is 3.14. The van der Waals surface area contributed by atoms with Crippen molar-refractivity contribution >= 4 is 33.8 Å². The standard InChI is InChI=1S/C11H10N2O2S/c1-2-15-10(14)7-6-8-4-3-5-9-11(8)16-13-12-9/h3-7H,2H2,1H3. The number of benzene rings is 1. The van der Waals surface area contributed by atoms with E-state index < -0.39 is 0 Å². The molecule has 0 saturated heterocycles. The molecule has 0 amide bonds. The average molecular weight is 234 g/mol. The third-order valence-electron chi connectivity index (χ3n) is 1.99. The summed E-state index contributed by atoms with van der Waals surface area (Å²) in [6, 6.07) is 5.69. The molecule has 0 atom stereocenters. The van der Waals surface area contributed by atoms with E-state index in [-0.39, 0.29) is 5.97 Å². The van der Waals surface area contributed by atoms with Crippen molar-refractivity contribution < 1.29 is 9.53 Å². The highest BCUT2D eigenvalue weighted by Gasteiger charge is 2.02. The smallest absolute Gasteiger partial charge is 0.330 e. The van der Waals surface area contributed by atoms with E-state index in [1.54, 1.807) is 13.0 Å². The van der Waals surface area contributed by atoms with Crippen molar-refractivity contribution in [2.24, 2.45) is 0 Å². The number of aromatic nitrogens is 2. The van der Waals surface area contributed by atoms with Gasteiger partial charge in [-0.05, 0) is 36.2 Å². The summed E-state index contributed by atoms with van der Waals surface area (Å²) in [5, 5.41) is 3.96. The van der Waals surface area contributed by atoms with Gasteiger partial charge < -0.3 is 4.74 Å². The van der Waals surface area contributed by atoms with E-state index in [2.05, 4.69) is 9.59 Å². The fourth-order valence-corrected chi connectivity index (χ4v) is 1.96. The maximum atomic E-state index is 11.2. The molecule has 0 aliphatic heterocycles. The number of carbonyl (C=O) groups is 1. The Hall–Kier alpha value is -1.75. The van der Waals surface area contributed by atoms with Crippen molar-refractivity contribution in [3.8, 4) is 0 Å². The number of rotatable bonds is 3. The van der Waals surface area contributed by atoms with Crippen LogP contribution in [0.25, 0.3) is 16.3 Å². The van der Waals surface area contributed by atoms with Gasteiger partial charge >= 0.3 is 5.97 Å². The molecule has 0 saturated carbocycles. The second-order valence-electron chi connectivity index (χ2n) is 3.05. The molecule has 82 valence electrons. The van der Waals surface area contributed by atoms with Gasteiger partial charge in [0.1, 0.15) is 5.52 Å². The molecule has 2 rings (SSSR count). The third kappa shape index (κ3) is 2.25. The van der Waals surface area contributed by atoms with Gasteiger partial charge in [0.05, 0.1) is 11.3 Å². The van der Waals surface area contributed by atoms with Crippen molar-refractivity contribution in [2.75, 3.05) is 6.61 Å². The molecule has 1 heterocycles. The second kappa shape index (κ2) is 4.85. The highest BCUT2D eigenvalue weighted by molar-refractivity contribution is 7.13. The highest BCUT2D eigenvalue weighted by atomic mass is 32.1. The summed E-state index contributed by atoms with van der Waals surface area (Å²) >= 11 is 1.31. The monoisotopic (exact) mass is 234 g/mol. The zero-order valence-corrected chi connectivity index (χ0v) is 9.53. The molecule has 0 spiro atoms. The van der Waals surface area contributed by atoms with Crippen LogP contribution in [-0.4, -0.2) is 22.2 Å². The summed E-state index contributed by atoms with van der Waals surface area (Å²) in [7, 11) is 0. The van der Waals surface area contributed by atoms with E-state index in [1.165, 1.54) is 17.6 Å². The van der Waals surface area contributed by atoms with E-state index in [4.69, 9.17) is 4.74 Å². The molecular weight excluding hydrogens is 224 g/mol. The minimum atomic E-state index is -0.336. The van der Waals surface area contributed by atoms with Gasteiger partial charge in [-0.1, -0.05) is 16.6 Å². The Morgan fingerprint density at radius 3 is 3.25 bits per heavy atom. The van der Waals surface area contributed by atoms with E-state index >= 15 is 0 Å². The highest BCUT2D eigenvalue weighted by Crippen LogP contribution is 2.21. The summed E-state index contributed by atoms with van der Waals surface area (Å²) in [5.41, 5.74) is 1.77. The number of hydrogen-bond donors (Lipinski definition) is 0. The Morgan fingerprint density at radius 1 is 1.56 bits per heavy atom. The Kier molecular flexibility index (Phi) is 3.26. The van der Waals surface area contributed by atoms with E-state index in [0.717, 1.165) is 15.8 Å². The van der Waals surface area contributed by atoms with Crippen molar-refractivity contribution in [1.82, 2.24) is 9.59 Å². The SMILES string of the molecule is CCOC(=O)C=Cc1cccc2nnsc12. The lowest BCUT2D eigenvalue weighted by Crippen LogP contribution is -1.98. The van der Waals surface area contributed by atoms with Crippen LogP contribution in [0.2, 0.25) is 0 Å². The minimum Gasteiger partial charge on any atom is -0.463 e. The van der Waals surface area contributed by atoms with Crippen molar-refractivity contribution in [3.63, 3.8) is 0 Å². The first kappa shape index (κ1) is 10.8.